The lowest BCUT2D eigenvalue weighted by molar-refractivity contribution is 0.555. The van der Waals surface area contributed by atoms with Crippen LogP contribution in [0.5, 0.6) is 0 Å². The molecule has 0 bridgehead atoms. The van der Waals surface area contributed by atoms with Crippen LogP contribution < -0.4 is 11.1 Å². The molecule has 48 valence electrons. The molecular weight excluding hydrogens is 100 g/mol. The second-order valence-electron chi connectivity index (χ2n) is 1.77. The summed E-state index contributed by atoms with van der Waals surface area (Å²) in [6.07, 6.45) is 3.84. The van der Waals surface area contributed by atoms with Gasteiger partial charge in [-0.1, -0.05) is 19.9 Å². The van der Waals surface area contributed by atoms with E-state index in [0.29, 0.717) is 0 Å². The standard InChI is InChI=1S/C6H14N2/c1-3-5-6(7)8-4-2/h4,6,8H,2-3,5,7H2,1H3. The van der Waals surface area contributed by atoms with E-state index in [-0.39, 0.29) is 6.17 Å². The molecule has 3 N–H and O–H groups in total. The lowest BCUT2D eigenvalue weighted by Gasteiger charge is -2.08. The number of rotatable bonds is 4. The first kappa shape index (κ1) is 7.50. The van der Waals surface area contributed by atoms with Gasteiger partial charge in [-0.2, -0.15) is 0 Å². The summed E-state index contributed by atoms with van der Waals surface area (Å²) in [5.74, 6) is 0. The third-order valence-corrected chi connectivity index (χ3v) is 0.932. The zero-order chi connectivity index (χ0) is 6.41. The molecule has 0 aliphatic heterocycles. The summed E-state index contributed by atoms with van der Waals surface area (Å²) in [6, 6.07) is 0. The van der Waals surface area contributed by atoms with Crippen molar-refractivity contribution in [2.45, 2.75) is 25.9 Å². The number of nitrogens with one attached hydrogen (secondary N) is 1. The lowest BCUT2D eigenvalue weighted by atomic mass is 10.3. The van der Waals surface area contributed by atoms with Crippen molar-refractivity contribution in [3.63, 3.8) is 0 Å². The highest BCUT2D eigenvalue weighted by Gasteiger charge is 1.92. The highest BCUT2D eigenvalue weighted by atomic mass is 15.0. The Hall–Kier alpha value is -0.500. The number of nitrogens with two attached hydrogens (primary N) is 1. The molecule has 0 saturated heterocycles. The highest BCUT2D eigenvalue weighted by Crippen LogP contribution is 1.87. The van der Waals surface area contributed by atoms with Crippen LogP contribution in [0.3, 0.4) is 0 Å². The van der Waals surface area contributed by atoms with Crippen LogP contribution in [0, 0.1) is 0 Å². The van der Waals surface area contributed by atoms with E-state index in [0.717, 1.165) is 12.8 Å². The van der Waals surface area contributed by atoms with Crippen molar-refractivity contribution < 1.29 is 0 Å². The monoisotopic (exact) mass is 114 g/mol. The molecule has 2 nitrogen and oxygen atoms in total. The summed E-state index contributed by atoms with van der Waals surface area (Å²) < 4.78 is 0. The SMILES string of the molecule is C=CNC(N)CCC. The van der Waals surface area contributed by atoms with E-state index in [1.807, 2.05) is 0 Å². The van der Waals surface area contributed by atoms with Gasteiger partial charge >= 0.3 is 0 Å². The van der Waals surface area contributed by atoms with Crippen LogP contribution >= 0.6 is 0 Å². The van der Waals surface area contributed by atoms with E-state index in [1.54, 1.807) is 6.20 Å². The molecule has 0 aliphatic rings. The Morgan fingerprint density at radius 2 is 2.50 bits per heavy atom. The van der Waals surface area contributed by atoms with Gasteiger partial charge in [0, 0.05) is 0 Å². The Morgan fingerprint density at radius 1 is 1.88 bits per heavy atom. The van der Waals surface area contributed by atoms with Gasteiger partial charge in [0.1, 0.15) is 0 Å². The molecule has 8 heavy (non-hydrogen) atoms. The van der Waals surface area contributed by atoms with Crippen LogP contribution in [0.15, 0.2) is 12.8 Å². The minimum atomic E-state index is 0.0949. The van der Waals surface area contributed by atoms with E-state index >= 15 is 0 Å². The summed E-state index contributed by atoms with van der Waals surface area (Å²) in [7, 11) is 0. The van der Waals surface area contributed by atoms with Crippen molar-refractivity contribution in [2.24, 2.45) is 5.73 Å². The van der Waals surface area contributed by atoms with Crippen molar-refractivity contribution in [3.8, 4) is 0 Å². The molecule has 1 unspecified atom stereocenters. The Morgan fingerprint density at radius 3 is 2.88 bits per heavy atom. The second kappa shape index (κ2) is 4.65. The van der Waals surface area contributed by atoms with Crippen LogP contribution in [-0.2, 0) is 0 Å². The summed E-state index contributed by atoms with van der Waals surface area (Å²) in [5.41, 5.74) is 5.51. The molecule has 0 aromatic heterocycles. The van der Waals surface area contributed by atoms with Crippen molar-refractivity contribution in [1.82, 2.24) is 5.32 Å². The van der Waals surface area contributed by atoms with E-state index in [9.17, 15) is 0 Å². The molecular formula is C6H14N2. The van der Waals surface area contributed by atoms with Crippen molar-refractivity contribution >= 4 is 0 Å². The Kier molecular flexibility index (Phi) is 4.36. The molecule has 0 radical (unpaired) electrons. The molecule has 2 heteroatoms. The molecule has 0 heterocycles. The first-order valence-corrected chi connectivity index (χ1v) is 2.93. The van der Waals surface area contributed by atoms with Crippen molar-refractivity contribution in [1.29, 1.82) is 0 Å². The van der Waals surface area contributed by atoms with Gasteiger partial charge in [0.25, 0.3) is 0 Å². The first-order chi connectivity index (χ1) is 3.81. The highest BCUT2D eigenvalue weighted by molar-refractivity contribution is 4.67. The molecule has 0 rings (SSSR count). The third-order valence-electron chi connectivity index (χ3n) is 0.932. The molecule has 0 saturated carbocycles. The molecule has 0 aromatic carbocycles. The maximum atomic E-state index is 5.51. The van der Waals surface area contributed by atoms with Gasteiger partial charge in [-0.05, 0) is 12.6 Å². The first-order valence-electron chi connectivity index (χ1n) is 2.93. The van der Waals surface area contributed by atoms with Crippen LogP contribution in [0.1, 0.15) is 19.8 Å². The second-order valence-corrected chi connectivity index (χ2v) is 1.77. The van der Waals surface area contributed by atoms with E-state index < -0.39 is 0 Å². The Balaban J connectivity index is 3.03. The van der Waals surface area contributed by atoms with Gasteiger partial charge < -0.3 is 11.1 Å². The van der Waals surface area contributed by atoms with Gasteiger partial charge in [-0.25, -0.2) is 0 Å². The fraction of sp³-hybridized carbons (Fsp3) is 0.667. The number of hydrogen-bond acceptors (Lipinski definition) is 2. The van der Waals surface area contributed by atoms with E-state index in [2.05, 4.69) is 18.8 Å². The van der Waals surface area contributed by atoms with Gasteiger partial charge in [0.15, 0.2) is 0 Å². The Bertz CT molecular complexity index is 61.5. The molecule has 0 aromatic rings. The Labute approximate surface area is 50.8 Å². The zero-order valence-electron chi connectivity index (χ0n) is 5.35. The fourth-order valence-corrected chi connectivity index (χ4v) is 0.546. The third kappa shape index (κ3) is 3.68. The van der Waals surface area contributed by atoms with Crippen LogP contribution in [0.4, 0.5) is 0 Å². The van der Waals surface area contributed by atoms with Gasteiger partial charge in [0.05, 0.1) is 6.17 Å². The van der Waals surface area contributed by atoms with E-state index in [1.165, 1.54) is 0 Å². The van der Waals surface area contributed by atoms with Gasteiger partial charge in [0.2, 0.25) is 0 Å². The summed E-state index contributed by atoms with van der Waals surface area (Å²) >= 11 is 0. The molecule has 0 fully saturated rings. The van der Waals surface area contributed by atoms with Gasteiger partial charge in [-0.15, -0.1) is 0 Å². The normalized spacial score (nSPS) is 12.8. The van der Waals surface area contributed by atoms with E-state index in [4.69, 9.17) is 5.73 Å². The van der Waals surface area contributed by atoms with Gasteiger partial charge in [-0.3, -0.25) is 0 Å². The topological polar surface area (TPSA) is 38.0 Å². The molecule has 0 aliphatic carbocycles. The zero-order valence-corrected chi connectivity index (χ0v) is 5.35. The van der Waals surface area contributed by atoms with Crippen LogP contribution in [0.2, 0.25) is 0 Å². The predicted molar refractivity (Wildman–Crippen MR) is 36.2 cm³/mol. The van der Waals surface area contributed by atoms with Crippen LogP contribution in [0.25, 0.3) is 0 Å². The summed E-state index contributed by atoms with van der Waals surface area (Å²) in [4.78, 5) is 0. The maximum Gasteiger partial charge on any atom is 0.0737 e. The smallest absolute Gasteiger partial charge is 0.0737 e. The minimum Gasteiger partial charge on any atom is -0.376 e. The molecule has 1 atom stereocenters. The fourth-order valence-electron chi connectivity index (χ4n) is 0.546. The summed E-state index contributed by atoms with van der Waals surface area (Å²) in [6.45, 7) is 5.59. The maximum absolute atomic E-state index is 5.51. The van der Waals surface area contributed by atoms with Crippen molar-refractivity contribution in [2.75, 3.05) is 0 Å². The number of hydrogen-bond donors (Lipinski definition) is 2. The van der Waals surface area contributed by atoms with Crippen LogP contribution in [-0.4, -0.2) is 6.17 Å². The van der Waals surface area contributed by atoms with Crippen molar-refractivity contribution in [3.05, 3.63) is 12.8 Å². The molecule has 0 amide bonds. The largest absolute Gasteiger partial charge is 0.376 e. The lowest BCUT2D eigenvalue weighted by Crippen LogP contribution is -2.32. The average molecular weight is 114 g/mol. The minimum absolute atomic E-state index is 0.0949. The molecule has 0 spiro atoms. The average Bonchev–Trinajstić information content (AvgIpc) is 1.68. The quantitative estimate of drug-likeness (QED) is 0.531. The predicted octanol–water partition coefficient (Wildman–Crippen LogP) is 0.804. The summed E-state index contributed by atoms with van der Waals surface area (Å²) in [5, 5.41) is 2.89.